The fraction of sp³-hybridized carbons (Fsp3) is 0.389. The summed E-state index contributed by atoms with van der Waals surface area (Å²) in [7, 11) is 0. The second-order valence-corrected chi connectivity index (χ2v) is 5.61. The Morgan fingerprint density at radius 2 is 1.96 bits per heavy atom. The third-order valence-electron chi connectivity index (χ3n) is 4.07. The summed E-state index contributed by atoms with van der Waals surface area (Å²) in [4.78, 5) is 16.3. The van der Waals surface area contributed by atoms with E-state index in [9.17, 15) is 4.79 Å². The van der Waals surface area contributed by atoms with Gasteiger partial charge in [0.05, 0.1) is 25.1 Å². The maximum Gasteiger partial charge on any atom is 0.317 e. The summed E-state index contributed by atoms with van der Waals surface area (Å²) in [6, 6.07) is 11.7. The predicted molar refractivity (Wildman–Crippen MR) is 92.3 cm³/mol. The summed E-state index contributed by atoms with van der Waals surface area (Å²) in [5.41, 5.74) is 1.09. The van der Waals surface area contributed by atoms with E-state index in [4.69, 9.17) is 9.15 Å². The predicted octanol–water partition coefficient (Wildman–Crippen LogP) is 2.71. The molecule has 0 atom stereocenters. The van der Waals surface area contributed by atoms with Crippen LogP contribution in [0.3, 0.4) is 0 Å². The van der Waals surface area contributed by atoms with Gasteiger partial charge in [0.25, 0.3) is 0 Å². The summed E-state index contributed by atoms with van der Waals surface area (Å²) in [5.74, 6) is 1.66. The van der Waals surface area contributed by atoms with Gasteiger partial charge in [-0.25, -0.2) is 4.79 Å². The number of nitrogens with zero attached hydrogens (tertiary/aromatic N) is 2. The molecule has 128 valence electrons. The number of rotatable bonds is 5. The molecule has 0 aliphatic carbocycles. The van der Waals surface area contributed by atoms with Crippen LogP contribution >= 0.6 is 0 Å². The van der Waals surface area contributed by atoms with Gasteiger partial charge in [0.1, 0.15) is 11.5 Å². The molecule has 6 nitrogen and oxygen atoms in total. The lowest BCUT2D eigenvalue weighted by Crippen LogP contribution is -2.51. The first-order valence-electron chi connectivity index (χ1n) is 8.30. The summed E-state index contributed by atoms with van der Waals surface area (Å²) < 4.78 is 10.9. The molecule has 1 aromatic heterocycles. The highest BCUT2D eigenvalue weighted by Crippen LogP contribution is 2.28. The zero-order valence-corrected chi connectivity index (χ0v) is 13.9. The van der Waals surface area contributed by atoms with Crippen LogP contribution in [0.4, 0.5) is 10.5 Å². The topological polar surface area (TPSA) is 58.0 Å². The first-order valence-corrected chi connectivity index (χ1v) is 8.30. The molecular formula is C18H23N3O3. The lowest BCUT2D eigenvalue weighted by atomic mass is 10.2. The van der Waals surface area contributed by atoms with Gasteiger partial charge in [-0.3, -0.25) is 0 Å². The van der Waals surface area contributed by atoms with Crippen LogP contribution in [0.15, 0.2) is 47.1 Å². The van der Waals surface area contributed by atoms with E-state index in [0.29, 0.717) is 26.2 Å². The molecule has 1 fully saturated rings. The Bertz CT molecular complexity index is 649. The molecule has 2 amide bonds. The van der Waals surface area contributed by atoms with Crippen molar-refractivity contribution in [1.82, 2.24) is 10.2 Å². The minimum Gasteiger partial charge on any atom is -0.492 e. The monoisotopic (exact) mass is 329 g/mol. The molecule has 1 saturated heterocycles. The van der Waals surface area contributed by atoms with Crippen LogP contribution in [0.5, 0.6) is 5.75 Å². The number of anilines is 1. The smallest absolute Gasteiger partial charge is 0.317 e. The molecule has 2 heterocycles. The van der Waals surface area contributed by atoms with Gasteiger partial charge in [0.15, 0.2) is 0 Å². The average molecular weight is 329 g/mol. The lowest BCUT2D eigenvalue weighted by molar-refractivity contribution is 0.193. The van der Waals surface area contributed by atoms with Crippen molar-refractivity contribution in [2.24, 2.45) is 0 Å². The van der Waals surface area contributed by atoms with E-state index in [-0.39, 0.29) is 6.03 Å². The second kappa shape index (κ2) is 7.77. The Labute approximate surface area is 142 Å². The minimum atomic E-state index is -0.0517. The molecule has 0 unspecified atom stereocenters. The quantitative estimate of drug-likeness (QED) is 0.916. The zero-order chi connectivity index (χ0) is 16.8. The van der Waals surface area contributed by atoms with Gasteiger partial charge in [-0.2, -0.15) is 0 Å². The normalized spacial score (nSPS) is 14.5. The van der Waals surface area contributed by atoms with E-state index in [1.54, 1.807) is 6.26 Å². The number of urea groups is 1. The van der Waals surface area contributed by atoms with Crippen molar-refractivity contribution in [3.8, 4) is 5.75 Å². The van der Waals surface area contributed by atoms with Crippen molar-refractivity contribution in [2.45, 2.75) is 13.5 Å². The summed E-state index contributed by atoms with van der Waals surface area (Å²) >= 11 is 0. The van der Waals surface area contributed by atoms with E-state index in [1.807, 2.05) is 42.2 Å². The highest BCUT2D eigenvalue weighted by atomic mass is 16.5. The van der Waals surface area contributed by atoms with Gasteiger partial charge in [-0.05, 0) is 31.2 Å². The lowest BCUT2D eigenvalue weighted by Gasteiger charge is -2.36. The zero-order valence-electron chi connectivity index (χ0n) is 13.9. The van der Waals surface area contributed by atoms with Crippen LogP contribution in [-0.4, -0.2) is 43.7 Å². The van der Waals surface area contributed by atoms with Crippen molar-refractivity contribution >= 4 is 11.7 Å². The van der Waals surface area contributed by atoms with Crippen molar-refractivity contribution < 1.29 is 13.9 Å². The Morgan fingerprint density at radius 1 is 1.17 bits per heavy atom. The van der Waals surface area contributed by atoms with Gasteiger partial charge in [0, 0.05) is 26.2 Å². The summed E-state index contributed by atoms with van der Waals surface area (Å²) in [6.45, 7) is 5.99. The molecule has 1 aliphatic heterocycles. The highest BCUT2D eigenvalue weighted by Gasteiger charge is 2.22. The molecule has 0 radical (unpaired) electrons. The number of piperazine rings is 1. The average Bonchev–Trinajstić information content (AvgIpc) is 3.14. The number of para-hydroxylation sites is 2. The maximum absolute atomic E-state index is 12.2. The van der Waals surface area contributed by atoms with Gasteiger partial charge in [0.2, 0.25) is 0 Å². The molecule has 3 rings (SSSR count). The number of carbonyl (C=O) groups is 1. The maximum atomic E-state index is 12.2. The van der Waals surface area contributed by atoms with E-state index in [0.717, 1.165) is 30.3 Å². The van der Waals surface area contributed by atoms with Crippen LogP contribution in [0, 0.1) is 0 Å². The number of hydrogen-bond acceptors (Lipinski definition) is 4. The van der Waals surface area contributed by atoms with E-state index < -0.39 is 0 Å². The molecule has 2 aromatic rings. The van der Waals surface area contributed by atoms with Crippen LogP contribution in [0.2, 0.25) is 0 Å². The third kappa shape index (κ3) is 3.82. The first kappa shape index (κ1) is 16.2. The number of nitrogens with one attached hydrogen (secondary N) is 1. The molecule has 0 bridgehead atoms. The van der Waals surface area contributed by atoms with Crippen LogP contribution < -0.4 is 15.0 Å². The summed E-state index contributed by atoms with van der Waals surface area (Å²) in [5, 5.41) is 2.89. The van der Waals surface area contributed by atoms with Gasteiger partial charge < -0.3 is 24.3 Å². The van der Waals surface area contributed by atoms with Gasteiger partial charge in [-0.15, -0.1) is 0 Å². The SMILES string of the molecule is CCOc1ccccc1N1CCN(C(=O)NCc2ccco2)CC1. The minimum absolute atomic E-state index is 0.0517. The van der Waals surface area contributed by atoms with Crippen LogP contribution in [0.25, 0.3) is 0 Å². The Kier molecular flexibility index (Phi) is 5.25. The molecule has 6 heteroatoms. The van der Waals surface area contributed by atoms with E-state index >= 15 is 0 Å². The Hall–Kier alpha value is -2.63. The number of amides is 2. The fourth-order valence-corrected chi connectivity index (χ4v) is 2.83. The Balaban J connectivity index is 1.53. The number of ether oxygens (including phenoxy) is 1. The van der Waals surface area contributed by atoms with Gasteiger partial charge >= 0.3 is 6.03 Å². The van der Waals surface area contributed by atoms with Crippen molar-refractivity contribution in [3.63, 3.8) is 0 Å². The molecule has 24 heavy (non-hydrogen) atoms. The fourth-order valence-electron chi connectivity index (χ4n) is 2.83. The molecule has 1 aliphatic rings. The Morgan fingerprint density at radius 3 is 2.67 bits per heavy atom. The first-order chi connectivity index (χ1) is 11.8. The van der Waals surface area contributed by atoms with Gasteiger partial charge in [-0.1, -0.05) is 12.1 Å². The number of carbonyl (C=O) groups excluding carboxylic acids is 1. The van der Waals surface area contributed by atoms with Crippen molar-refractivity contribution in [2.75, 3.05) is 37.7 Å². The van der Waals surface area contributed by atoms with Crippen molar-refractivity contribution in [3.05, 3.63) is 48.4 Å². The van der Waals surface area contributed by atoms with E-state index in [1.165, 1.54) is 0 Å². The molecule has 1 N–H and O–H groups in total. The molecule has 1 aromatic carbocycles. The molecule has 0 spiro atoms. The standard InChI is InChI=1S/C18H23N3O3/c1-2-23-17-8-4-3-7-16(17)20-9-11-21(12-10-20)18(22)19-14-15-6-5-13-24-15/h3-8,13H,2,9-12,14H2,1H3,(H,19,22). The second-order valence-electron chi connectivity index (χ2n) is 5.61. The highest BCUT2D eigenvalue weighted by molar-refractivity contribution is 5.74. The third-order valence-corrected chi connectivity index (χ3v) is 4.07. The van der Waals surface area contributed by atoms with Crippen LogP contribution in [0.1, 0.15) is 12.7 Å². The molecule has 0 saturated carbocycles. The van der Waals surface area contributed by atoms with E-state index in [2.05, 4.69) is 16.3 Å². The largest absolute Gasteiger partial charge is 0.492 e. The number of hydrogen-bond donors (Lipinski definition) is 1. The van der Waals surface area contributed by atoms with Crippen LogP contribution in [-0.2, 0) is 6.54 Å². The molecular weight excluding hydrogens is 306 g/mol. The van der Waals surface area contributed by atoms with Crippen molar-refractivity contribution in [1.29, 1.82) is 0 Å². The summed E-state index contributed by atoms with van der Waals surface area (Å²) in [6.07, 6.45) is 1.61. The number of benzene rings is 1. The number of furan rings is 1.